The molecule has 0 spiro atoms. The van der Waals surface area contributed by atoms with E-state index in [1.165, 1.54) is 0 Å². The van der Waals surface area contributed by atoms with Crippen molar-refractivity contribution in [2.75, 3.05) is 7.05 Å². The second-order valence-corrected chi connectivity index (χ2v) is 2.45. The number of likely N-dealkylation sites (N-methyl/N-ethyl adjacent to an activating group) is 1. The van der Waals surface area contributed by atoms with E-state index in [0.717, 1.165) is 5.69 Å². The summed E-state index contributed by atoms with van der Waals surface area (Å²) >= 11 is 0. The molecule has 0 saturated carbocycles. The number of nitrogens with two attached hydrogens (primary N) is 1. The number of hydrogen-bond acceptors (Lipinski definition) is 2. The van der Waals surface area contributed by atoms with Crippen molar-refractivity contribution in [1.82, 2.24) is 9.97 Å². The Bertz CT molecular complexity index is 287. The molecular formula is C8H12N3O+. The van der Waals surface area contributed by atoms with E-state index >= 15 is 0 Å². The number of carbonyl (C=O) groups excluding carboxylic acids is 1. The Morgan fingerprint density at radius 3 is 2.92 bits per heavy atom. The van der Waals surface area contributed by atoms with Crippen LogP contribution in [0.15, 0.2) is 18.2 Å². The van der Waals surface area contributed by atoms with Gasteiger partial charge in [-0.25, -0.2) is 4.98 Å². The van der Waals surface area contributed by atoms with Crippen molar-refractivity contribution in [1.29, 1.82) is 0 Å². The quantitative estimate of drug-likeness (QED) is 0.596. The summed E-state index contributed by atoms with van der Waals surface area (Å²) in [5.74, 6) is 0.0621. The Hall–Kier alpha value is -1.42. The zero-order valence-corrected chi connectivity index (χ0v) is 7.16. The molecule has 0 unspecified atom stereocenters. The number of allylic oxidation sites excluding steroid dienone is 1. The van der Waals surface area contributed by atoms with Crippen LogP contribution >= 0.6 is 0 Å². The van der Waals surface area contributed by atoms with Gasteiger partial charge in [-0.15, -0.1) is 0 Å². The van der Waals surface area contributed by atoms with Crippen LogP contribution in [-0.4, -0.2) is 22.8 Å². The topological polar surface area (TPSA) is 62.4 Å². The number of nitrogens with one attached hydrogen (secondary N) is 1. The van der Waals surface area contributed by atoms with Crippen LogP contribution in [0.1, 0.15) is 12.6 Å². The van der Waals surface area contributed by atoms with Crippen molar-refractivity contribution >= 4 is 11.9 Å². The lowest BCUT2D eigenvalue weighted by Crippen LogP contribution is -2.78. The number of ketones is 1. The van der Waals surface area contributed by atoms with Gasteiger partial charge < -0.3 is 10.3 Å². The fraction of sp³-hybridized carbons (Fsp3) is 0.250. The molecule has 0 saturated heterocycles. The number of imidazole rings is 1. The Balaban J connectivity index is 2.85. The number of rotatable bonds is 3. The van der Waals surface area contributed by atoms with Gasteiger partial charge >= 0.3 is 0 Å². The van der Waals surface area contributed by atoms with E-state index < -0.39 is 0 Å². The molecule has 4 heteroatoms. The summed E-state index contributed by atoms with van der Waals surface area (Å²) < 4.78 is 0. The van der Waals surface area contributed by atoms with E-state index in [0.29, 0.717) is 5.70 Å². The molecular weight excluding hydrogens is 154 g/mol. The van der Waals surface area contributed by atoms with Gasteiger partial charge in [-0.3, -0.25) is 4.79 Å². The minimum absolute atomic E-state index is 0.0621. The first-order valence-electron chi connectivity index (χ1n) is 3.74. The number of quaternary nitrogens is 1. The second kappa shape index (κ2) is 3.82. The number of Topliss-reactive ketones (excluding diaryl/α,β-unsaturated/α-hetero) is 1. The summed E-state index contributed by atoms with van der Waals surface area (Å²) in [5, 5.41) is 1.78. The molecule has 1 heterocycles. The van der Waals surface area contributed by atoms with E-state index in [9.17, 15) is 4.79 Å². The molecule has 0 aromatic carbocycles. The number of aromatic nitrogens is 2. The third-order valence-electron chi connectivity index (χ3n) is 1.55. The van der Waals surface area contributed by atoms with E-state index in [1.54, 1.807) is 30.8 Å². The van der Waals surface area contributed by atoms with Crippen molar-refractivity contribution in [2.24, 2.45) is 0 Å². The lowest BCUT2D eigenvalue weighted by atomic mass is 10.2. The summed E-state index contributed by atoms with van der Waals surface area (Å²) in [7, 11) is 1.84. The average Bonchev–Trinajstić information content (AvgIpc) is 2.51. The Morgan fingerprint density at radius 1 is 1.75 bits per heavy atom. The molecule has 0 atom stereocenters. The van der Waals surface area contributed by atoms with Crippen LogP contribution in [0, 0.1) is 0 Å². The van der Waals surface area contributed by atoms with Gasteiger partial charge in [0.05, 0.1) is 25.3 Å². The lowest BCUT2D eigenvalue weighted by Gasteiger charge is -1.93. The standard InChI is InChI=1S/C8H11N3O/c1-6(12)8(9-2)3-7-4-10-5-11-7/h3-5,9H,1-2H3,(H,10,11)/p+1. The average molecular weight is 166 g/mol. The molecule has 0 bridgehead atoms. The number of H-pyrrole nitrogens is 1. The third-order valence-corrected chi connectivity index (χ3v) is 1.55. The third kappa shape index (κ3) is 2.03. The summed E-state index contributed by atoms with van der Waals surface area (Å²) in [6, 6.07) is 0. The van der Waals surface area contributed by atoms with Crippen LogP contribution < -0.4 is 5.32 Å². The monoisotopic (exact) mass is 166 g/mol. The molecule has 0 fully saturated rings. The van der Waals surface area contributed by atoms with Crippen LogP contribution in [0.3, 0.4) is 0 Å². The van der Waals surface area contributed by atoms with Gasteiger partial charge in [0.1, 0.15) is 0 Å². The molecule has 3 N–H and O–H groups in total. The highest BCUT2D eigenvalue weighted by molar-refractivity contribution is 5.94. The zero-order chi connectivity index (χ0) is 8.97. The van der Waals surface area contributed by atoms with Crippen molar-refractivity contribution < 1.29 is 10.1 Å². The van der Waals surface area contributed by atoms with Crippen molar-refractivity contribution in [3.8, 4) is 0 Å². The predicted octanol–water partition coefficient (Wildman–Crippen LogP) is -0.467. The van der Waals surface area contributed by atoms with E-state index in [4.69, 9.17) is 0 Å². The van der Waals surface area contributed by atoms with Gasteiger partial charge in [0.25, 0.3) is 0 Å². The molecule has 64 valence electrons. The van der Waals surface area contributed by atoms with Crippen LogP contribution in [0.5, 0.6) is 0 Å². The second-order valence-electron chi connectivity index (χ2n) is 2.45. The molecule has 0 aliphatic rings. The summed E-state index contributed by atoms with van der Waals surface area (Å²) in [5.41, 5.74) is 1.54. The summed E-state index contributed by atoms with van der Waals surface area (Å²) in [6.45, 7) is 1.54. The van der Waals surface area contributed by atoms with E-state index in [2.05, 4.69) is 9.97 Å². The number of carbonyl (C=O) groups is 1. The predicted molar refractivity (Wildman–Crippen MR) is 45.1 cm³/mol. The fourth-order valence-corrected chi connectivity index (χ4v) is 0.901. The summed E-state index contributed by atoms with van der Waals surface area (Å²) in [4.78, 5) is 17.7. The maximum absolute atomic E-state index is 11.0. The highest BCUT2D eigenvalue weighted by Gasteiger charge is 2.05. The zero-order valence-electron chi connectivity index (χ0n) is 7.16. The smallest absolute Gasteiger partial charge is 0.212 e. The molecule has 0 amide bonds. The Morgan fingerprint density at radius 2 is 2.50 bits per heavy atom. The Labute approximate surface area is 70.7 Å². The number of aromatic amines is 1. The minimum Gasteiger partial charge on any atom is -0.345 e. The normalized spacial score (nSPS) is 11.7. The maximum Gasteiger partial charge on any atom is 0.212 e. The molecule has 1 aromatic rings. The molecule has 0 radical (unpaired) electrons. The molecule has 0 aliphatic carbocycles. The van der Waals surface area contributed by atoms with Gasteiger partial charge in [0.2, 0.25) is 5.78 Å². The largest absolute Gasteiger partial charge is 0.345 e. The van der Waals surface area contributed by atoms with Crippen molar-refractivity contribution in [2.45, 2.75) is 6.92 Å². The molecule has 0 aliphatic heterocycles. The van der Waals surface area contributed by atoms with Crippen LogP contribution in [0.4, 0.5) is 0 Å². The van der Waals surface area contributed by atoms with E-state index in [1.807, 2.05) is 7.05 Å². The summed E-state index contributed by atoms with van der Waals surface area (Å²) in [6.07, 6.45) is 5.03. The lowest BCUT2D eigenvalue weighted by molar-refractivity contribution is -0.568. The van der Waals surface area contributed by atoms with E-state index in [-0.39, 0.29) is 5.78 Å². The van der Waals surface area contributed by atoms with Crippen molar-refractivity contribution in [3.05, 3.63) is 23.9 Å². The molecule has 1 aromatic heterocycles. The van der Waals surface area contributed by atoms with Crippen LogP contribution in [-0.2, 0) is 4.79 Å². The molecule has 12 heavy (non-hydrogen) atoms. The van der Waals surface area contributed by atoms with Gasteiger partial charge in [0.15, 0.2) is 5.70 Å². The number of hydrogen-bond donors (Lipinski definition) is 2. The highest BCUT2D eigenvalue weighted by atomic mass is 16.1. The number of nitrogens with zero attached hydrogens (tertiary/aromatic N) is 1. The van der Waals surface area contributed by atoms with Crippen molar-refractivity contribution in [3.63, 3.8) is 0 Å². The fourth-order valence-electron chi connectivity index (χ4n) is 0.901. The van der Waals surface area contributed by atoms with Crippen LogP contribution in [0.2, 0.25) is 0 Å². The SMILES string of the molecule is C[NH2+]C(=Cc1cnc[nH]1)C(C)=O. The van der Waals surface area contributed by atoms with Gasteiger partial charge in [-0.05, 0) is 0 Å². The minimum atomic E-state index is 0.0621. The Kier molecular flexibility index (Phi) is 2.76. The maximum atomic E-state index is 11.0. The van der Waals surface area contributed by atoms with Gasteiger partial charge in [-0.2, -0.15) is 0 Å². The first-order valence-corrected chi connectivity index (χ1v) is 3.74. The van der Waals surface area contributed by atoms with Crippen LogP contribution in [0.25, 0.3) is 6.08 Å². The molecule has 4 nitrogen and oxygen atoms in total. The highest BCUT2D eigenvalue weighted by Crippen LogP contribution is 1.97. The first kappa shape index (κ1) is 8.67. The van der Waals surface area contributed by atoms with Gasteiger partial charge in [0, 0.05) is 13.0 Å². The van der Waals surface area contributed by atoms with Gasteiger partial charge in [-0.1, -0.05) is 0 Å². The molecule has 1 rings (SSSR count). The first-order chi connectivity index (χ1) is 5.74.